The van der Waals surface area contributed by atoms with Crippen LogP contribution in [-0.4, -0.2) is 6.04 Å². The third-order valence-corrected chi connectivity index (χ3v) is 3.27. The van der Waals surface area contributed by atoms with Crippen LogP contribution in [0.15, 0.2) is 54.6 Å². The van der Waals surface area contributed by atoms with Gasteiger partial charge in [0.2, 0.25) is 0 Å². The summed E-state index contributed by atoms with van der Waals surface area (Å²) in [6.07, 6.45) is 5.39. The van der Waals surface area contributed by atoms with Crippen molar-refractivity contribution in [2.45, 2.75) is 25.9 Å². The number of nitrogens with one attached hydrogen (secondary N) is 1. The van der Waals surface area contributed by atoms with Gasteiger partial charge in [-0.1, -0.05) is 60.5 Å². The molecule has 0 aliphatic carbocycles. The maximum atomic E-state index is 5.39. The first-order valence-electron chi connectivity index (χ1n) is 6.58. The SMILES string of the molecule is C#CC(C)NC(C)c1ccc(-c2ccccc2)cc1. The van der Waals surface area contributed by atoms with Crippen LogP contribution in [0.2, 0.25) is 0 Å². The molecule has 1 N–H and O–H groups in total. The maximum absolute atomic E-state index is 5.39. The standard InChI is InChI=1S/C18H19N/c1-4-14(2)19-15(3)16-10-12-18(13-11-16)17-8-6-5-7-9-17/h1,5-15,19H,2-3H3. The largest absolute Gasteiger partial charge is 0.297 e. The Morgan fingerprint density at radius 1 is 0.895 bits per heavy atom. The molecule has 1 heteroatoms. The lowest BCUT2D eigenvalue weighted by atomic mass is 10.0. The van der Waals surface area contributed by atoms with Crippen molar-refractivity contribution < 1.29 is 0 Å². The normalized spacial score (nSPS) is 13.5. The van der Waals surface area contributed by atoms with Crippen LogP contribution in [0.1, 0.15) is 25.5 Å². The lowest BCUT2D eigenvalue weighted by Gasteiger charge is -2.17. The fourth-order valence-corrected chi connectivity index (χ4v) is 2.11. The topological polar surface area (TPSA) is 12.0 Å². The van der Waals surface area contributed by atoms with Crippen LogP contribution in [0.25, 0.3) is 11.1 Å². The first-order valence-corrected chi connectivity index (χ1v) is 6.58. The zero-order valence-electron chi connectivity index (χ0n) is 11.4. The molecule has 0 bridgehead atoms. The van der Waals surface area contributed by atoms with Crippen LogP contribution in [-0.2, 0) is 0 Å². The van der Waals surface area contributed by atoms with Crippen LogP contribution in [0.5, 0.6) is 0 Å². The molecule has 96 valence electrons. The highest BCUT2D eigenvalue weighted by atomic mass is 14.9. The summed E-state index contributed by atoms with van der Waals surface area (Å²) in [5, 5.41) is 3.37. The van der Waals surface area contributed by atoms with E-state index >= 15 is 0 Å². The number of hydrogen-bond acceptors (Lipinski definition) is 1. The summed E-state index contributed by atoms with van der Waals surface area (Å²) < 4.78 is 0. The zero-order valence-corrected chi connectivity index (χ0v) is 11.4. The Morgan fingerprint density at radius 3 is 2.05 bits per heavy atom. The Hall–Kier alpha value is -2.04. The van der Waals surface area contributed by atoms with Crippen LogP contribution in [0.3, 0.4) is 0 Å². The van der Waals surface area contributed by atoms with E-state index in [1.807, 2.05) is 13.0 Å². The first-order chi connectivity index (χ1) is 9.20. The van der Waals surface area contributed by atoms with Gasteiger partial charge in [0.1, 0.15) is 0 Å². The van der Waals surface area contributed by atoms with Crippen molar-refractivity contribution in [3.63, 3.8) is 0 Å². The quantitative estimate of drug-likeness (QED) is 0.807. The van der Waals surface area contributed by atoms with Crippen LogP contribution in [0, 0.1) is 12.3 Å². The van der Waals surface area contributed by atoms with Gasteiger partial charge >= 0.3 is 0 Å². The van der Waals surface area contributed by atoms with Gasteiger partial charge in [-0.3, -0.25) is 5.32 Å². The number of rotatable bonds is 4. The zero-order chi connectivity index (χ0) is 13.7. The molecule has 0 amide bonds. The van der Waals surface area contributed by atoms with Gasteiger partial charge in [-0.25, -0.2) is 0 Å². The molecule has 0 saturated heterocycles. The Balaban J connectivity index is 2.13. The van der Waals surface area contributed by atoms with Gasteiger partial charge in [-0.2, -0.15) is 0 Å². The molecule has 19 heavy (non-hydrogen) atoms. The van der Waals surface area contributed by atoms with Crippen molar-refractivity contribution in [2.75, 3.05) is 0 Å². The third-order valence-electron chi connectivity index (χ3n) is 3.27. The van der Waals surface area contributed by atoms with E-state index in [1.54, 1.807) is 0 Å². The summed E-state index contributed by atoms with van der Waals surface area (Å²) in [5.74, 6) is 2.69. The molecule has 2 unspecified atom stereocenters. The second-order valence-electron chi connectivity index (χ2n) is 4.76. The van der Waals surface area contributed by atoms with Crippen LogP contribution >= 0.6 is 0 Å². The lowest BCUT2D eigenvalue weighted by Crippen LogP contribution is -2.27. The maximum Gasteiger partial charge on any atom is 0.0662 e. The molecule has 2 atom stereocenters. The molecule has 0 radical (unpaired) electrons. The summed E-state index contributed by atoms with van der Waals surface area (Å²) in [6, 6.07) is 19.4. The number of hydrogen-bond donors (Lipinski definition) is 1. The number of benzene rings is 2. The highest BCUT2D eigenvalue weighted by Crippen LogP contribution is 2.21. The lowest BCUT2D eigenvalue weighted by molar-refractivity contribution is 0.546. The van der Waals surface area contributed by atoms with Crippen molar-refractivity contribution in [1.82, 2.24) is 5.32 Å². The van der Waals surface area contributed by atoms with Crippen molar-refractivity contribution in [2.24, 2.45) is 0 Å². The van der Waals surface area contributed by atoms with Crippen LogP contribution < -0.4 is 5.32 Å². The molecule has 2 rings (SSSR count). The molecular weight excluding hydrogens is 230 g/mol. The van der Waals surface area contributed by atoms with Crippen molar-refractivity contribution in [3.05, 3.63) is 60.2 Å². The molecule has 0 fully saturated rings. The molecule has 2 aromatic carbocycles. The van der Waals surface area contributed by atoms with Gasteiger partial charge in [0.05, 0.1) is 6.04 Å². The molecule has 1 nitrogen and oxygen atoms in total. The minimum atomic E-state index is 0.0869. The highest BCUT2D eigenvalue weighted by Gasteiger charge is 2.07. The minimum Gasteiger partial charge on any atom is -0.297 e. The average Bonchev–Trinajstić information content (AvgIpc) is 2.48. The van der Waals surface area contributed by atoms with E-state index in [9.17, 15) is 0 Å². The van der Waals surface area contributed by atoms with Gasteiger partial charge in [-0.15, -0.1) is 6.42 Å². The molecule has 0 spiro atoms. The van der Waals surface area contributed by atoms with E-state index in [2.05, 4.69) is 66.7 Å². The van der Waals surface area contributed by atoms with Gasteiger partial charge in [0, 0.05) is 6.04 Å². The highest BCUT2D eigenvalue weighted by molar-refractivity contribution is 5.63. The molecule has 0 aliphatic rings. The monoisotopic (exact) mass is 249 g/mol. The van der Waals surface area contributed by atoms with E-state index in [0.29, 0.717) is 0 Å². The van der Waals surface area contributed by atoms with E-state index in [-0.39, 0.29) is 12.1 Å². The minimum absolute atomic E-state index is 0.0869. The summed E-state index contributed by atoms with van der Waals surface area (Å²) >= 11 is 0. The second kappa shape index (κ2) is 6.22. The molecule has 0 saturated carbocycles. The van der Waals surface area contributed by atoms with Gasteiger partial charge in [-0.05, 0) is 30.5 Å². The van der Waals surface area contributed by atoms with E-state index in [1.165, 1.54) is 16.7 Å². The Kier molecular flexibility index (Phi) is 4.39. The van der Waals surface area contributed by atoms with E-state index in [4.69, 9.17) is 6.42 Å². The molecule has 0 aliphatic heterocycles. The Morgan fingerprint density at radius 2 is 1.47 bits per heavy atom. The summed E-state index contributed by atoms with van der Waals surface area (Å²) in [7, 11) is 0. The summed E-state index contributed by atoms with van der Waals surface area (Å²) in [5.41, 5.74) is 3.73. The predicted octanol–water partition coefficient (Wildman–Crippen LogP) is 4.03. The summed E-state index contributed by atoms with van der Waals surface area (Å²) in [4.78, 5) is 0. The first kappa shape index (κ1) is 13.4. The molecular formula is C18H19N. The predicted molar refractivity (Wildman–Crippen MR) is 81.7 cm³/mol. The van der Waals surface area contributed by atoms with Gasteiger partial charge < -0.3 is 0 Å². The van der Waals surface area contributed by atoms with E-state index in [0.717, 1.165) is 0 Å². The second-order valence-corrected chi connectivity index (χ2v) is 4.76. The number of terminal acetylenes is 1. The fourth-order valence-electron chi connectivity index (χ4n) is 2.11. The molecule has 0 heterocycles. The van der Waals surface area contributed by atoms with Crippen LogP contribution in [0.4, 0.5) is 0 Å². The Bertz CT molecular complexity index is 548. The van der Waals surface area contributed by atoms with Crippen molar-refractivity contribution in [1.29, 1.82) is 0 Å². The smallest absolute Gasteiger partial charge is 0.0662 e. The van der Waals surface area contributed by atoms with Gasteiger partial charge in [0.15, 0.2) is 0 Å². The van der Waals surface area contributed by atoms with Crippen molar-refractivity contribution in [3.8, 4) is 23.5 Å². The molecule has 0 aromatic heterocycles. The summed E-state index contributed by atoms with van der Waals surface area (Å²) in [6.45, 7) is 4.13. The Labute approximate surface area is 115 Å². The average molecular weight is 249 g/mol. The fraction of sp³-hybridized carbons (Fsp3) is 0.222. The molecule has 2 aromatic rings. The third kappa shape index (κ3) is 3.47. The van der Waals surface area contributed by atoms with Crippen molar-refractivity contribution >= 4 is 0 Å². The van der Waals surface area contributed by atoms with Gasteiger partial charge in [0.25, 0.3) is 0 Å². The van der Waals surface area contributed by atoms with E-state index < -0.39 is 0 Å².